The van der Waals surface area contributed by atoms with Crippen molar-refractivity contribution >= 4 is 17.7 Å². The van der Waals surface area contributed by atoms with E-state index in [9.17, 15) is 24.5 Å². The van der Waals surface area contributed by atoms with Crippen molar-refractivity contribution in [1.29, 1.82) is 0 Å². The fraction of sp³-hybridized carbons (Fsp3) is 0.250. The van der Waals surface area contributed by atoms with E-state index >= 15 is 0 Å². The smallest absolute Gasteiger partial charge is 0.338 e. The number of methoxy groups -OCH3 is 1. The third kappa shape index (κ3) is 4.71. The lowest BCUT2D eigenvalue weighted by atomic mass is 9.95. The number of carbonyl (C=O) groups excluding carboxylic acids is 2. The number of allylic oxidation sites excluding steroid dienone is 1. The van der Waals surface area contributed by atoms with E-state index in [2.05, 4.69) is 10.6 Å². The highest BCUT2D eigenvalue weighted by molar-refractivity contribution is 5.95. The van der Waals surface area contributed by atoms with Crippen molar-refractivity contribution in [2.45, 2.75) is 19.5 Å². The average Bonchev–Trinajstić information content (AvgIpc) is 2.75. The van der Waals surface area contributed by atoms with Crippen LogP contribution in [0.1, 0.15) is 18.5 Å². The van der Waals surface area contributed by atoms with Crippen molar-refractivity contribution < 1.29 is 24.0 Å². The molecule has 0 aliphatic carbocycles. The van der Waals surface area contributed by atoms with Crippen LogP contribution in [-0.2, 0) is 16.1 Å². The van der Waals surface area contributed by atoms with Gasteiger partial charge in [0.25, 0.3) is 11.2 Å². The summed E-state index contributed by atoms with van der Waals surface area (Å²) in [5.41, 5.74) is -0.0573. The molecule has 2 amide bonds. The average molecular weight is 428 g/mol. The molecule has 0 radical (unpaired) electrons. The van der Waals surface area contributed by atoms with E-state index in [1.807, 2.05) is 0 Å². The van der Waals surface area contributed by atoms with Crippen molar-refractivity contribution in [1.82, 2.24) is 15.2 Å². The first-order chi connectivity index (χ1) is 14.8. The predicted molar refractivity (Wildman–Crippen MR) is 108 cm³/mol. The number of urea groups is 1. The lowest BCUT2D eigenvalue weighted by Crippen LogP contribution is -2.47. The van der Waals surface area contributed by atoms with Crippen LogP contribution < -0.4 is 20.9 Å². The number of ether oxygens (including phenoxy) is 2. The molecule has 0 bridgehead atoms. The van der Waals surface area contributed by atoms with Crippen LogP contribution >= 0.6 is 0 Å². The molecule has 2 N–H and O–H groups in total. The van der Waals surface area contributed by atoms with Crippen molar-refractivity contribution in [3.63, 3.8) is 0 Å². The maximum atomic E-state index is 12.8. The minimum absolute atomic E-state index is 0.0880. The molecule has 0 saturated carbocycles. The second-order valence-electron chi connectivity index (χ2n) is 6.53. The van der Waals surface area contributed by atoms with Crippen LogP contribution in [0.5, 0.6) is 5.75 Å². The van der Waals surface area contributed by atoms with E-state index in [4.69, 9.17) is 9.47 Å². The third-order valence-electron chi connectivity index (χ3n) is 4.61. The molecule has 1 atom stereocenters. The number of nitrogens with zero attached hydrogens (tertiary/aromatic N) is 2. The molecule has 1 aliphatic heterocycles. The molecule has 0 fully saturated rings. The largest absolute Gasteiger partial charge is 0.497 e. The van der Waals surface area contributed by atoms with Gasteiger partial charge < -0.3 is 24.7 Å². The van der Waals surface area contributed by atoms with Gasteiger partial charge >= 0.3 is 12.0 Å². The molecule has 3 rings (SSSR count). The molecule has 162 valence electrons. The fourth-order valence-corrected chi connectivity index (χ4v) is 3.16. The minimum Gasteiger partial charge on any atom is -0.497 e. The first-order valence-corrected chi connectivity index (χ1v) is 9.30. The number of nitrogens with one attached hydrogen (secondary N) is 2. The van der Waals surface area contributed by atoms with Crippen molar-refractivity contribution in [2.75, 3.05) is 13.7 Å². The zero-order valence-corrected chi connectivity index (χ0v) is 16.8. The summed E-state index contributed by atoms with van der Waals surface area (Å²) in [4.78, 5) is 47.8. The van der Waals surface area contributed by atoms with Crippen LogP contribution in [0.3, 0.4) is 0 Å². The Kier molecular flexibility index (Phi) is 6.34. The van der Waals surface area contributed by atoms with Gasteiger partial charge in [0.2, 0.25) is 0 Å². The van der Waals surface area contributed by atoms with Gasteiger partial charge in [-0.2, -0.15) is 0 Å². The van der Waals surface area contributed by atoms with E-state index in [0.717, 1.165) is 22.9 Å². The number of hydrogen-bond acceptors (Lipinski definition) is 7. The second kappa shape index (κ2) is 9.11. The van der Waals surface area contributed by atoms with Crippen LogP contribution in [0.2, 0.25) is 0 Å². The molecule has 1 unspecified atom stereocenters. The van der Waals surface area contributed by atoms with Gasteiger partial charge in [0.15, 0.2) is 0 Å². The van der Waals surface area contributed by atoms with E-state index in [0.29, 0.717) is 11.3 Å². The van der Waals surface area contributed by atoms with Crippen molar-refractivity contribution in [3.8, 4) is 5.75 Å². The van der Waals surface area contributed by atoms with E-state index < -0.39 is 28.5 Å². The molecule has 31 heavy (non-hydrogen) atoms. The Morgan fingerprint density at radius 2 is 1.90 bits per heavy atom. The Balaban J connectivity index is 2.10. The van der Waals surface area contributed by atoms with Gasteiger partial charge in [-0.25, -0.2) is 9.59 Å². The Morgan fingerprint density at radius 3 is 2.52 bits per heavy atom. The SMILES string of the molecule is CCOC(=O)C1=C(Cn2cc([N+](=O)[O-])ccc2=O)NC(=O)NC1c1ccc(OC)cc1. The molecule has 11 nitrogen and oxygen atoms in total. The fourth-order valence-electron chi connectivity index (χ4n) is 3.16. The molecule has 0 saturated heterocycles. The summed E-state index contributed by atoms with van der Waals surface area (Å²) in [5, 5.41) is 16.3. The number of rotatable bonds is 7. The van der Waals surface area contributed by atoms with Gasteiger partial charge in [0.1, 0.15) is 5.75 Å². The molecule has 2 aromatic rings. The zero-order valence-electron chi connectivity index (χ0n) is 16.8. The molecule has 1 aromatic heterocycles. The molecular formula is C20H20N4O7. The number of nitro groups is 1. The second-order valence-corrected chi connectivity index (χ2v) is 6.53. The number of benzene rings is 1. The number of hydrogen-bond donors (Lipinski definition) is 2. The Bertz CT molecular complexity index is 1110. The number of aromatic nitrogens is 1. The van der Waals surface area contributed by atoms with E-state index in [-0.39, 0.29) is 30.1 Å². The van der Waals surface area contributed by atoms with E-state index in [1.54, 1.807) is 31.2 Å². The summed E-state index contributed by atoms with van der Waals surface area (Å²) in [6.07, 6.45) is 1.05. The lowest BCUT2D eigenvalue weighted by Gasteiger charge is -2.29. The normalized spacial score (nSPS) is 15.7. The number of carbonyl (C=O) groups is 2. The summed E-state index contributed by atoms with van der Waals surface area (Å²) in [6.45, 7) is 1.46. The highest BCUT2D eigenvalue weighted by Crippen LogP contribution is 2.29. The monoisotopic (exact) mass is 428 g/mol. The summed E-state index contributed by atoms with van der Waals surface area (Å²) in [7, 11) is 1.51. The predicted octanol–water partition coefficient (Wildman–Crippen LogP) is 1.64. The standard InChI is InChI=1S/C20H20N4O7/c1-3-31-19(26)17-15(11-23-10-13(24(28)29)6-9-16(23)25)21-20(27)22-18(17)12-4-7-14(30-2)8-5-12/h4-10,18H,3,11H2,1-2H3,(H2,21,22,27). The highest BCUT2D eigenvalue weighted by atomic mass is 16.6. The lowest BCUT2D eigenvalue weighted by molar-refractivity contribution is -0.385. The first kappa shape index (κ1) is 21.6. The van der Waals surface area contributed by atoms with Crippen LogP contribution in [-0.4, -0.2) is 35.2 Å². The summed E-state index contributed by atoms with van der Waals surface area (Å²) >= 11 is 0. The van der Waals surface area contributed by atoms with Gasteiger partial charge in [-0.3, -0.25) is 14.9 Å². The zero-order chi connectivity index (χ0) is 22.5. The molecule has 2 heterocycles. The Hall–Kier alpha value is -4.15. The van der Waals surface area contributed by atoms with Crippen LogP contribution in [0.15, 0.2) is 58.7 Å². The van der Waals surface area contributed by atoms with Gasteiger partial charge in [0.05, 0.1) is 48.7 Å². The molecule has 1 aromatic carbocycles. The van der Waals surface area contributed by atoms with E-state index in [1.165, 1.54) is 7.11 Å². The Labute approximate surface area is 176 Å². The van der Waals surface area contributed by atoms with Crippen molar-refractivity contribution in [2.24, 2.45) is 0 Å². The number of esters is 1. The Morgan fingerprint density at radius 1 is 1.19 bits per heavy atom. The van der Waals surface area contributed by atoms with Crippen LogP contribution in [0.4, 0.5) is 10.5 Å². The van der Waals surface area contributed by atoms with Gasteiger partial charge in [-0.05, 0) is 24.6 Å². The van der Waals surface area contributed by atoms with Gasteiger partial charge in [-0.1, -0.05) is 12.1 Å². The summed E-state index contributed by atoms with van der Waals surface area (Å²) in [6, 6.07) is 7.41. The first-order valence-electron chi connectivity index (χ1n) is 9.30. The van der Waals surface area contributed by atoms with Gasteiger partial charge in [0, 0.05) is 12.1 Å². The third-order valence-corrected chi connectivity index (χ3v) is 4.61. The quantitative estimate of drug-likeness (QED) is 0.388. The van der Waals surface area contributed by atoms with Crippen LogP contribution in [0, 0.1) is 10.1 Å². The summed E-state index contributed by atoms with van der Waals surface area (Å²) < 4.78 is 11.3. The summed E-state index contributed by atoms with van der Waals surface area (Å²) in [5.74, 6) is -0.0988. The number of pyridine rings is 1. The van der Waals surface area contributed by atoms with Crippen molar-refractivity contribution in [3.05, 3.63) is 79.9 Å². The minimum atomic E-state index is -0.858. The maximum absolute atomic E-state index is 12.8. The topological polar surface area (TPSA) is 142 Å². The maximum Gasteiger partial charge on any atom is 0.338 e. The molecule has 0 spiro atoms. The van der Waals surface area contributed by atoms with Gasteiger partial charge in [-0.15, -0.1) is 0 Å². The molecule has 11 heteroatoms. The molecular weight excluding hydrogens is 408 g/mol. The number of amides is 2. The highest BCUT2D eigenvalue weighted by Gasteiger charge is 2.34. The molecule has 1 aliphatic rings. The van der Waals surface area contributed by atoms with Crippen LogP contribution in [0.25, 0.3) is 0 Å².